The summed E-state index contributed by atoms with van der Waals surface area (Å²) in [5, 5.41) is 30.7. The number of hydrazone groups is 1. The van der Waals surface area contributed by atoms with Crippen LogP contribution in [-0.2, 0) is 0 Å². The molecule has 5 rings (SSSR count). The summed E-state index contributed by atoms with van der Waals surface area (Å²) in [4.78, 5) is 23.1. The summed E-state index contributed by atoms with van der Waals surface area (Å²) >= 11 is 0. The van der Waals surface area contributed by atoms with Gasteiger partial charge in [-0.15, -0.1) is 5.10 Å². The summed E-state index contributed by atoms with van der Waals surface area (Å²) < 4.78 is 3.15. The van der Waals surface area contributed by atoms with Crippen LogP contribution in [0.5, 0.6) is 0 Å². The number of amides is 1. The van der Waals surface area contributed by atoms with Crippen LogP contribution in [0.4, 0.5) is 5.69 Å². The number of nitro groups is 1. The van der Waals surface area contributed by atoms with Crippen LogP contribution >= 0.6 is 0 Å². The van der Waals surface area contributed by atoms with Gasteiger partial charge in [0.2, 0.25) is 0 Å². The number of hydrogen-bond acceptors (Lipinski definition) is 8. The van der Waals surface area contributed by atoms with Gasteiger partial charge in [-0.05, 0) is 59.0 Å². The van der Waals surface area contributed by atoms with Crippen molar-refractivity contribution in [2.45, 2.75) is 0 Å². The minimum atomic E-state index is -0.459. The Kier molecular flexibility index (Phi) is 6.04. The van der Waals surface area contributed by atoms with E-state index in [4.69, 9.17) is 0 Å². The average molecular weight is 479 g/mol. The molecule has 0 saturated heterocycles. The molecule has 2 heterocycles. The second-order valence-corrected chi connectivity index (χ2v) is 7.52. The lowest BCUT2D eigenvalue weighted by molar-refractivity contribution is -0.384. The van der Waals surface area contributed by atoms with E-state index in [9.17, 15) is 14.9 Å². The first kappa shape index (κ1) is 22.3. The zero-order chi connectivity index (χ0) is 24.9. The van der Waals surface area contributed by atoms with Crippen LogP contribution in [0, 0.1) is 10.1 Å². The molecule has 0 aliphatic heterocycles. The van der Waals surface area contributed by atoms with Gasteiger partial charge < -0.3 is 0 Å². The van der Waals surface area contributed by atoms with Crippen molar-refractivity contribution in [3.63, 3.8) is 0 Å². The number of nitro benzene ring substituents is 1. The van der Waals surface area contributed by atoms with E-state index >= 15 is 0 Å². The average Bonchev–Trinajstić information content (AvgIpc) is 3.60. The highest BCUT2D eigenvalue weighted by atomic mass is 16.6. The van der Waals surface area contributed by atoms with Gasteiger partial charge in [-0.1, -0.05) is 18.2 Å². The Balaban J connectivity index is 1.38. The summed E-state index contributed by atoms with van der Waals surface area (Å²) in [6.07, 6.45) is 4.71. The zero-order valence-electron chi connectivity index (χ0n) is 18.5. The molecule has 0 saturated carbocycles. The summed E-state index contributed by atoms with van der Waals surface area (Å²) in [6, 6.07) is 22.3. The van der Waals surface area contributed by atoms with Gasteiger partial charge >= 0.3 is 0 Å². The number of aromatic nitrogens is 6. The molecule has 0 aliphatic carbocycles. The van der Waals surface area contributed by atoms with Gasteiger partial charge in [-0.2, -0.15) is 10.2 Å². The maximum absolute atomic E-state index is 12.6. The minimum Gasteiger partial charge on any atom is -0.267 e. The van der Waals surface area contributed by atoms with E-state index in [1.165, 1.54) is 29.4 Å². The molecule has 3 aromatic carbocycles. The molecule has 0 bridgehead atoms. The van der Waals surface area contributed by atoms with E-state index in [1.807, 2.05) is 30.3 Å². The second kappa shape index (κ2) is 9.77. The third kappa shape index (κ3) is 4.72. The Labute approximate surface area is 203 Å². The zero-order valence-corrected chi connectivity index (χ0v) is 18.5. The molecular formula is C24H17N9O3. The largest absolute Gasteiger partial charge is 0.271 e. The van der Waals surface area contributed by atoms with Gasteiger partial charge in [0.05, 0.1) is 22.5 Å². The van der Waals surface area contributed by atoms with Crippen LogP contribution in [0.15, 0.2) is 96.5 Å². The van der Waals surface area contributed by atoms with E-state index in [-0.39, 0.29) is 5.69 Å². The normalized spacial score (nSPS) is 11.0. The van der Waals surface area contributed by atoms with Gasteiger partial charge in [0, 0.05) is 35.0 Å². The molecule has 0 spiro atoms. The monoisotopic (exact) mass is 479 g/mol. The molecule has 36 heavy (non-hydrogen) atoms. The Hall–Kier alpha value is -5.52. The number of non-ortho nitro benzene ring substituents is 1. The van der Waals surface area contributed by atoms with E-state index in [1.54, 1.807) is 47.3 Å². The SMILES string of the molecule is O=C(N/N=C/c1cn(-c2ccccc2)nc1-c1ccc([N+](=O)[O-])cc1)c1ccc(-n2cnnn2)cc1. The minimum absolute atomic E-state index is 0.0187. The molecule has 2 aromatic heterocycles. The van der Waals surface area contributed by atoms with E-state index in [0.717, 1.165) is 5.69 Å². The number of nitrogens with zero attached hydrogens (tertiary/aromatic N) is 8. The highest BCUT2D eigenvalue weighted by Crippen LogP contribution is 2.25. The van der Waals surface area contributed by atoms with Crippen molar-refractivity contribution in [3.05, 3.63) is 113 Å². The highest BCUT2D eigenvalue weighted by molar-refractivity contribution is 5.95. The predicted octanol–water partition coefficient (Wildman–Crippen LogP) is 3.19. The van der Waals surface area contributed by atoms with Gasteiger partial charge in [-0.25, -0.2) is 14.8 Å². The van der Waals surface area contributed by atoms with Gasteiger partial charge in [0.25, 0.3) is 11.6 Å². The number of hydrogen-bond donors (Lipinski definition) is 1. The Morgan fingerprint density at radius 1 is 0.944 bits per heavy atom. The van der Waals surface area contributed by atoms with Gasteiger partial charge in [-0.3, -0.25) is 14.9 Å². The number of carbonyl (C=O) groups is 1. The Morgan fingerprint density at radius 3 is 2.33 bits per heavy atom. The molecule has 5 aromatic rings. The quantitative estimate of drug-likeness (QED) is 0.214. The molecule has 12 nitrogen and oxygen atoms in total. The molecular weight excluding hydrogens is 462 g/mol. The van der Waals surface area contributed by atoms with Gasteiger partial charge in [0.1, 0.15) is 12.0 Å². The van der Waals surface area contributed by atoms with Crippen molar-refractivity contribution >= 4 is 17.8 Å². The third-order valence-electron chi connectivity index (χ3n) is 5.23. The number of para-hydroxylation sites is 1. The van der Waals surface area contributed by atoms with Crippen LogP contribution in [0.2, 0.25) is 0 Å². The maximum atomic E-state index is 12.6. The predicted molar refractivity (Wildman–Crippen MR) is 130 cm³/mol. The molecule has 1 N–H and O–H groups in total. The van der Waals surface area contributed by atoms with E-state index in [2.05, 4.69) is 31.2 Å². The number of benzene rings is 3. The lowest BCUT2D eigenvalue weighted by Gasteiger charge is -2.02. The first-order valence-corrected chi connectivity index (χ1v) is 10.7. The smallest absolute Gasteiger partial charge is 0.267 e. The first-order valence-electron chi connectivity index (χ1n) is 10.7. The Morgan fingerprint density at radius 2 is 1.67 bits per heavy atom. The highest BCUT2D eigenvalue weighted by Gasteiger charge is 2.13. The molecule has 0 unspecified atom stereocenters. The van der Waals surface area contributed by atoms with Gasteiger partial charge in [0.15, 0.2) is 0 Å². The topological polar surface area (TPSA) is 146 Å². The summed E-state index contributed by atoms with van der Waals surface area (Å²) in [5.74, 6) is -0.401. The van der Waals surface area contributed by atoms with Crippen LogP contribution in [0.1, 0.15) is 15.9 Å². The summed E-state index contributed by atoms with van der Waals surface area (Å²) in [6.45, 7) is 0. The molecule has 0 aliphatic rings. The number of tetrazole rings is 1. The van der Waals surface area contributed by atoms with Crippen LogP contribution in [0.25, 0.3) is 22.6 Å². The van der Waals surface area contributed by atoms with Crippen molar-refractivity contribution in [2.75, 3.05) is 0 Å². The lowest BCUT2D eigenvalue weighted by atomic mass is 10.1. The van der Waals surface area contributed by atoms with Crippen molar-refractivity contribution in [1.82, 2.24) is 35.4 Å². The molecule has 0 radical (unpaired) electrons. The van der Waals surface area contributed by atoms with E-state index < -0.39 is 10.8 Å². The number of carbonyl (C=O) groups excluding carboxylic acids is 1. The van der Waals surface area contributed by atoms with Crippen molar-refractivity contribution < 1.29 is 9.72 Å². The van der Waals surface area contributed by atoms with Crippen LogP contribution in [0.3, 0.4) is 0 Å². The third-order valence-corrected chi connectivity index (χ3v) is 5.23. The fourth-order valence-electron chi connectivity index (χ4n) is 3.43. The summed E-state index contributed by atoms with van der Waals surface area (Å²) in [5.41, 5.74) is 6.26. The Bertz CT molecular complexity index is 1530. The first-order chi connectivity index (χ1) is 17.6. The van der Waals surface area contributed by atoms with Crippen molar-refractivity contribution in [2.24, 2.45) is 5.10 Å². The molecule has 0 fully saturated rings. The van der Waals surface area contributed by atoms with E-state index in [0.29, 0.717) is 28.1 Å². The number of rotatable bonds is 7. The second-order valence-electron chi connectivity index (χ2n) is 7.52. The number of nitrogens with one attached hydrogen (secondary N) is 1. The maximum Gasteiger partial charge on any atom is 0.271 e. The lowest BCUT2D eigenvalue weighted by Crippen LogP contribution is -2.17. The standard InChI is InChI=1S/C24H17N9O3/c34-24(18-8-10-21(11-9-18)32-16-26-29-30-32)27-25-14-19-15-31(20-4-2-1-3-5-20)28-23(19)17-6-12-22(13-7-17)33(35)36/h1-16H,(H,27,34)/b25-14+. The van der Waals surface area contributed by atoms with Crippen molar-refractivity contribution in [1.29, 1.82) is 0 Å². The van der Waals surface area contributed by atoms with Crippen LogP contribution < -0.4 is 5.43 Å². The molecule has 0 atom stereocenters. The van der Waals surface area contributed by atoms with Crippen molar-refractivity contribution in [3.8, 4) is 22.6 Å². The molecule has 176 valence electrons. The fourth-order valence-corrected chi connectivity index (χ4v) is 3.43. The fraction of sp³-hybridized carbons (Fsp3) is 0. The molecule has 12 heteroatoms. The van der Waals surface area contributed by atoms with Crippen LogP contribution in [-0.4, -0.2) is 47.0 Å². The molecule has 1 amide bonds. The summed E-state index contributed by atoms with van der Waals surface area (Å²) in [7, 11) is 0.